The van der Waals surface area contributed by atoms with Gasteiger partial charge in [-0.25, -0.2) is 8.78 Å². The molecule has 5 heteroatoms. The number of halogens is 5. The minimum atomic E-state index is -5.07. The maximum absolute atomic E-state index is 13.6. The zero-order valence-corrected chi connectivity index (χ0v) is 18.1. The molecule has 0 nitrogen and oxygen atoms in total. The van der Waals surface area contributed by atoms with Crippen LogP contribution >= 0.6 is 0 Å². The minimum Gasteiger partial charge on any atom is -0.206 e. The van der Waals surface area contributed by atoms with E-state index in [1.807, 2.05) is 6.08 Å². The van der Waals surface area contributed by atoms with Gasteiger partial charge in [0.25, 0.3) is 0 Å². The van der Waals surface area contributed by atoms with Crippen LogP contribution in [0.15, 0.2) is 48.6 Å². The van der Waals surface area contributed by atoms with Crippen molar-refractivity contribution in [3.63, 3.8) is 0 Å². The van der Waals surface area contributed by atoms with Crippen molar-refractivity contribution in [1.82, 2.24) is 0 Å². The number of hydrogen-bond donors (Lipinski definition) is 0. The third-order valence-electron chi connectivity index (χ3n) is 6.04. The fourth-order valence-corrected chi connectivity index (χ4v) is 4.21. The summed E-state index contributed by atoms with van der Waals surface area (Å²) in [6, 6.07) is 10.2. The molecule has 1 aliphatic carbocycles. The normalized spacial score (nSPS) is 19.1. The molecule has 2 aromatic carbocycles. The van der Waals surface area contributed by atoms with Crippen LogP contribution < -0.4 is 0 Å². The van der Waals surface area contributed by atoms with E-state index in [1.165, 1.54) is 24.0 Å². The number of allylic oxidation sites excluding steroid dienone is 2. The highest BCUT2D eigenvalue weighted by molar-refractivity contribution is 5.40. The molecule has 0 aliphatic heterocycles. The zero-order chi connectivity index (χ0) is 23.1. The molecule has 0 saturated heterocycles. The van der Waals surface area contributed by atoms with E-state index in [0.717, 1.165) is 32.1 Å². The highest BCUT2D eigenvalue weighted by atomic mass is 19.4. The maximum atomic E-state index is 13.6. The SMILES string of the molecule is CCCCc1ccc(C2CCC(/C=C/C#Cc3cc(F)c(C(F)(F)F)c(F)c3)CC2)cc1. The van der Waals surface area contributed by atoms with Gasteiger partial charge in [0.15, 0.2) is 0 Å². The maximum Gasteiger partial charge on any atom is 0.422 e. The first kappa shape index (κ1) is 24.0. The quantitative estimate of drug-likeness (QED) is 0.321. The molecule has 1 saturated carbocycles. The Morgan fingerprint density at radius 1 is 0.969 bits per heavy atom. The van der Waals surface area contributed by atoms with E-state index in [0.29, 0.717) is 24.0 Å². The van der Waals surface area contributed by atoms with Crippen LogP contribution in [-0.4, -0.2) is 0 Å². The highest BCUT2D eigenvalue weighted by Crippen LogP contribution is 2.36. The van der Waals surface area contributed by atoms with Crippen molar-refractivity contribution in [2.24, 2.45) is 5.92 Å². The average Bonchev–Trinajstić information content (AvgIpc) is 2.75. The fraction of sp³-hybridized carbons (Fsp3) is 0.407. The van der Waals surface area contributed by atoms with E-state index >= 15 is 0 Å². The molecule has 0 spiro atoms. The zero-order valence-electron chi connectivity index (χ0n) is 18.1. The molecule has 1 fully saturated rings. The van der Waals surface area contributed by atoms with Gasteiger partial charge in [-0.3, -0.25) is 0 Å². The molecule has 0 amide bonds. The van der Waals surface area contributed by atoms with E-state index in [2.05, 4.69) is 43.0 Å². The summed E-state index contributed by atoms with van der Waals surface area (Å²) >= 11 is 0. The van der Waals surface area contributed by atoms with Gasteiger partial charge >= 0.3 is 6.18 Å². The number of hydrogen-bond acceptors (Lipinski definition) is 0. The predicted molar refractivity (Wildman–Crippen MR) is 117 cm³/mol. The van der Waals surface area contributed by atoms with Crippen LogP contribution in [0.1, 0.15) is 73.6 Å². The highest BCUT2D eigenvalue weighted by Gasteiger charge is 2.37. The Hall–Kier alpha value is -2.61. The Kier molecular flexibility index (Phi) is 8.12. The van der Waals surface area contributed by atoms with E-state index < -0.39 is 23.4 Å². The van der Waals surface area contributed by atoms with Crippen molar-refractivity contribution >= 4 is 0 Å². The van der Waals surface area contributed by atoms with E-state index in [-0.39, 0.29) is 5.56 Å². The summed E-state index contributed by atoms with van der Waals surface area (Å²) in [5, 5.41) is 0. The van der Waals surface area contributed by atoms with Crippen LogP contribution in [0.4, 0.5) is 22.0 Å². The third-order valence-corrected chi connectivity index (χ3v) is 6.04. The van der Waals surface area contributed by atoms with Gasteiger partial charge in [0.1, 0.15) is 17.2 Å². The number of aryl methyl sites for hydroxylation is 1. The number of alkyl halides is 3. The molecule has 1 aliphatic rings. The first-order valence-electron chi connectivity index (χ1n) is 11.1. The minimum absolute atomic E-state index is 0.122. The average molecular weight is 447 g/mol. The molecule has 0 bridgehead atoms. The Morgan fingerprint density at radius 2 is 1.59 bits per heavy atom. The van der Waals surface area contributed by atoms with E-state index in [9.17, 15) is 22.0 Å². The van der Waals surface area contributed by atoms with Crippen LogP contribution in [0.5, 0.6) is 0 Å². The molecule has 0 atom stereocenters. The van der Waals surface area contributed by atoms with Crippen LogP contribution in [0.3, 0.4) is 0 Å². The Bertz CT molecular complexity index is 958. The van der Waals surface area contributed by atoms with Crippen LogP contribution in [0, 0.1) is 29.4 Å². The second kappa shape index (κ2) is 10.8. The number of unbranched alkanes of at least 4 members (excludes halogenated alkanes) is 1. The monoisotopic (exact) mass is 446 g/mol. The first-order chi connectivity index (χ1) is 15.3. The second-order valence-electron chi connectivity index (χ2n) is 8.40. The molecule has 0 aromatic heterocycles. The van der Waals surface area contributed by atoms with Crippen LogP contribution in [-0.2, 0) is 12.6 Å². The van der Waals surface area contributed by atoms with E-state index in [4.69, 9.17) is 0 Å². The van der Waals surface area contributed by atoms with E-state index in [1.54, 1.807) is 6.08 Å². The summed E-state index contributed by atoms with van der Waals surface area (Å²) in [7, 11) is 0. The summed E-state index contributed by atoms with van der Waals surface area (Å²) in [5.41, 5.74) is 0.770. The van der Waals surface area contributed by atoms with Gasteiger partial charge in [-0.2, -0.15) is 13.2 Å². The molecule has 0 N–H and O–H groups in total. The smallest absolute Gasteiger partial charge is 0.206 e. The van der Waals surface area contributed by atoms with Gasteiger partial charge in [-0.1, -0.05) is 55.5 Å². The molecule has 0 radical (unpaired) electrons. The van der Waals surface area contributed by atoms with Crippen molar-refractivity contribution in [1.29, 1.82) is 0 Å². The van der Waals surface area contributed by atoms with Crippen molar-refractivity contribution in [2.75, 3.05) is 0 Å². The largest absolute Gasteiger partial charge is 0.422 e. The van der Waals surface area contributed by atoms with Crippen molar-refractivity contribution in [3.8, 4) is 11.8 Å². The third kappa shape index (κ3) is 6.45. The topological polar surface area (TPSA) is 0 Å². The second-order valence-corrected chi connectivity index (χ2v) is 8.40. The molecular weight excluding hydrogens is 419 g/mol. The standard InChI is InChI=1S/C27H27F5/c1-2-3-6-19-9-13-22(14-10-19)23-15-11-20(12-16-23)7-4-5-8-21-17-24(28)26(25(29)18-21)27(30,31)32/h4,7,9-10,13-14,17-18,20,23H,2-3,6,11-12,15-16H2,1H3/b7-4+. The van der Waals surface area contributed by atoms with Gasteiger partial charge in [-0.15, -0.1) is 0 Å². The van der Waals surface area contributed by atoms with Crippen molar-refractivity contribution < 1.29 is 22.0 Å². The summed E-state index contributed by atoms with van der Waals surface area (Å²) < 4.78 is 65.1. The summed E-state index contributed by atoms with van der Waals surface area (Å²) in [4.78, 5) is 0. The van der Waals surface area contributed by atoms with Gasteiger partial charge in [0, 0.05) is 5.56 Å². The fourth-order valence-electron chi connectivity index (χ4n) is 4.21. The summed E-state index contributed by atoms with van der Waals surface area (Å²) in [6.45, 7) is 2.20. The Balaban J connectivity index is 1.53. The lowest BCUT2D eigenvalue weighted by Crippen LogP contribution is -2.11. The summed E-state index contributed by atoms with van der Waals surface area (Å²) in [6.07, 6.45) is 6.31. The van der Waals surface area contributed by atoms with Gasteiger partial charge in [-0.05, 0) is 79.7 Å². The predicted octanol–water partition coefficient (Wildman–Crippen LogP) is 8.21. The molecular formula is C27H27F5. The molecule has 0 heterocycles. The van der Waals surface area contributed by atoms with Crippen LogP contribution in [0.2, 0.25) is 0 Å². The molecule has 0 unspecified atom stereocenters. The van der Waals surface area contributed by atoms with Gasteiger partial charge in [0.05, 0.1) is 0 Å². The van der Waals surface area contributed by atoms with Gasteiger partial charge < -0.3 is 0 Å². The Morgan fingerprint density at radius 3 is 2.16 bits per heavy atom. The van der Waals surface area contributed by atoms with Gasteiger partial charge in [0.2, 0.25) is 0 Å². The molecule has 170 valence electrons. The Labute approximate surface area is 186 Å². The molecule has 32 heavy (non-hydrogen) atoms. The van der Waals surface area contributed by atoms with Crippen molar-refractivity contribution in [2.45, 2.75) is 64.0 Å². The molecule has 3 rings (SSSR count). The number of benzene rings is 2. The number of rotatable bonds is 5. The summed E-state index contributed by atoms with van der Waals surface area (Å²) in [5.74, 6) is 2.84. The lowest BCUT2D eigenvalue weighted by Gasteiger charge is -2.27. The van der Waals surface area contributed by atoms with Crippen molar-refractivity contribution in [3.05, 3.63) is 82.4 Å². The molecule has 2 aromatic rings. The lowest BCUT2D eigenvalue weighted by atomic mass is 9.78. The lowest BCUT2D eigenvalue weighted by molar-refractivity contribution is -0.142. The van der Waals surface area contributed by atoms with Crippen LogP contribution in [0.25, 0.3) is 0 Å². The first-order valence-corrected chi connectivity index (χ1v) is 11.1.